The van der Waals surface area contributed by atoms with Crippen molar-refractivity contribution in [1.82, 2.24) is 39.7 Å². The van der Waals surface area contributed by atoms with E-state index >= 15 is 0 Å². The summed E-state index contributed by atoms with van der Waals surface area (Å²) in [5.41, 5.74) is 10.0. The third-order valence-electron chi connectivity index (χ3n) is 8.29. The van der Waals surface area contributed by atoms with Crippen molar-refractivity contribution in [1.29, 1.82) is 0 Å². The van der Waals surface area contributed by atoms with Gasteiger partial charge in [0.1, 0.15) is 5.82 Å². The highest BCUT2D eigenvalue weighted by molar-refractivity contribution is 5.85. The zero-order valence-corrected chi connectivity index (χ0v) is 25.6. The van der Waals surface area contributed by atoms with Gasteiger partial charge in [0.05, 0.1) is 23.1 Å². The van der Waals surface area contributed by atoms with Gasteiger partial charge in [-0.25, -0.2) is 15.1 Å². The molecule has 0 fully saturated rings. The van der Waals surface area contributed by atoms with E-state index in [1.165, 1.54) is 42.3 Å². The first-order valence-electron chi connectivity index (χ1n) is 15.6. The van der Waals surface area contributed by atoms with Crippen LogP contribution in [-0.4, -0.2) is 39.7 Å². The highest BCUT2D eigenvalue weighted by Gasteiger charge is 2.17. The third-order valence-corrected chi connectivity index (χ3v) is 8.29. The molecule has 0 saturated carbocycles. The van der Waals surface area contributed by atoms with Gasteiger partial charge in [-0.3, -0.25) is 0 Å². The maximum Gasteiger partial charge on any atom is 0.180 e. The van der Waals surface area contributed by atoms with Crippen LogP contribution in [0.4, 0.5) is 0 Å². The van der Waals surface area contributed by atoms with E-state index in [4.69, 9.17) is 9.97 Å². The van der Waals surface area contributed by atoms with Crippen molar-refractivity contribution in [2.75, 3.05) is 0 Å². The van der Waals surface area contributed by atoms with Crippen molar-refractivity contribution in [2.24, 2.45) is 0 Å². The first kappa shape index (κ1) is 28.5. The summed E-state index contributed by atoms with van der Waals surface area (Å²) >= 11 is 0. The van der Waals surface area contributed by atoms with Gasteiger partial charge in [0, 0.05) is 36.3 Å². The predicted molar refractivity (Wildman–Crippen MR) is 173 cm³/mol. The Morgan fingerprint density at radius 1 is 0.860 bits per heavy atom. The summed E-state index contributed by atoms with van der Waals surface area (Å²) in [5.74, 6) is 1.79. The van der Waals surface area contributed by atoms with Gasteiger partial charge in [0.25, 0.3) is 0 Å². The number of tetrazole rings is 1. The molecule has 0 saturated heterocycles. The molecule has 0 aliphatic heterocycles. The van der Waals surface area contributed by atoms with Crippen molar-refractivity contribution >= 4 is 11.0 Å². The van der Waals surface area contributed by atoms with Crippen molar-refractivity contribution in [3.8, 4) is 33.8 Å². The molecule has 220 valence electrons. The molecule has 8 nitrogen and oxygen atoms in total. The summed E-state index contributed by atoms with van der Waals surface area (Å²) in [6.45, 7) is 9.66. The van der Waals surface area contributed by atoms with E-state index < -0.39 is 0 Å². The number of H-pyrrole nitrogens is 1. The lowest BCUT2D eigenvalue weighted by Crippen LogP contribution is -2.06. The zero-order chi connectivity index (χ0) is 29.8. The number of imidazole rings is 2. The number of benzene rings is 3. The first-order chi connectivity index (χ1) is 21.1. The molecule has 8 heteroatoms. The van der Waals surface area contributed by atoms with E-state index in [0.717, 1.165) is 58.7 Å². The number of fused-ring (bicyclic) bond motifs is 1. The van der Waals surface area contributed by atoms with Gasteiger partial charge >= 0.3 is 0 Å². The van der Waals surface area contributed by atoms with Crippen molar-refractivity contribution < 1.29 is 0 Å². The summed E-state index contributed by atoms with van der Waals surface area (Å²) in [7, 11) is 0. The minimum atomic E-state index is 0.505. The smallest absolute Gasteiger partial charge is 0.180 e. The molecule has 0 radical (unpaired) electrons. The average molecular weight is 573 g/mol. The summed E-state index contributed by atoms with van der Waals surface area (Å²) in [4.78, 5) is 9.99. The van der Waals surface area contributed by atoms with E-state index in [1.54, 1.807) is 0 Å². The van der Waals surface area contributed by atoms with Gasteiger partial charge < -0.3 is 9.13 Å². The summed E-state index contributed by atoms with van der Waals surface area (Å²) < 4.78 is 4.72. The molecule has 6 aromatic rings. The molecule has 0 spiro atoms. The van der Waals surface area contributed by atoms with Crippen LogP contribution in [0.2, 0.25) is 0 Å². The van der Waals surface area contributed by atoms with E-state index in [9.17, 15) is 0 Å². The van der Waals surface area contributed by atoms with Crippen LogP contribution in [0.3, 0.4) is 0 Å². The Balaban J connectivity index is 1.34. The monoisotopic (exact) mass is 572 g/mol. The SMILES string of the molecule is CCCc1nc2c(C)cc(-c3cn(C(CCC)CCC)cn3)cc2n1Cc1ccc(-c2ccccc2-c2nnn[nH]2)cc1. The van der Waals surface area contributed by atoms with E-state index in [0.29, 0.717) is 11.9 Å². The summed E-state index contributed by atoms with van der Waals surface area (Å²) in [5, 5.41) is 14.5. The minimum Gasteiger partial charge on any atom is -0.334 e. The average Bonchev–Trinajstić information content (AvgIpc) is 3.80. The third kappa shape index (κ3) is 5.87. The van der Waals surface area contributed by atoms with Crippen LogP contribution in [0, 0.1) is 6.92 Å². The number of hydrogen-bond acceptors (Lipinski definition) is 5. The lowest BCUT2D eigenvalue weighted by atomic mass is 9.98. The molecule has 3 heterocycles. The van der Waals surface area contributed by atoms with Crippen LogP contribution >= 0.6 is 0 Å². The maximum absolute atomic E-state index is 5.14. The molecule has 0 amide bonds. The number of rotatable bonds is 12. The highest BCUT2D eigenvalue weighted by Crippen LogP contribution is 2.32. The molecule has 3 aromatic carbocycles. The molecule has 0 atom stereocenters. The predicted octanol–water partition coefficient (Wildman–Crippen LogP) is 8.20. The fraction of sp³-hybridized carbons (Fsp3) is 0.343. The number of nitrogens with one attached hydrogen (secondary N) is 1. The van der Waals surface area contributed by atoms with Gasteiger partial charge in [0.2, 0.25) is 0 Å². The van der Waals surface area contributed by atoms with Crippen molar-refractivity contribution in [2.45, 2.75) is 78.8 Å². The van der Waals surface area contributed by atoms with Crippen molar-refractivity contribution in [3.63, 3.8) is 0 Å². The molecular formula is C35H40N8. The van der Waals surface area contributed by atoms with E-state index in [1.807, 2.05) is 24.5 Å². The van der Waals surface area contributed by atoms with Gasteiger partial charge in [-0.05, 0) is 71.0 Å². The number of aryl methyl sites for hydroxylation is 2. The van der Waals surface area contributed by atoms with Crippen LogP contribution in [0.25, 0.3) is 44.8 Å². The van der Waals surface area contributed by atoms with Crippen LogP contribution < -0.4 is 0 Å². The normalized spacial score (nSPS) is 11.7. The quantitative estimate of drug-likeness (QED) is 0.160. The Hall–Kier alpha value is -4.59. The van der Waals surface area contributed by atoms with Gasteiger partial charge in [-0.15, -0.1) is 5.10 Å². The molecule has 3 aromatic heterocycles. The second-order valence-corrected chi connectivity index (χ2v) is 11.5. The number of aromatic nitrogens is 8. The summed E-state index contributed by atoms with van der Waals surface area (Å²) in [6, 6.07) is 22.0. The van der Waals surface area contributed by atoms with E-state index in [-0.39, 0.29) is 0 Å². The van der Waals surface area contributed by atoms with Crippen LogP contribution in [-0.2, 0) is 13.0 Å². The molecule has 1 N–H and O–H groups in total. The number of hydrogen-bond donors (Lipinski definition) is 1. The Morgan fingerprint density at radius 2 is 1.63 bits per heavy atom. The second kappa shape index (κ2) is 12.7. The van der Waals surface area contributed by atoms with Gasteiger partial charge in [-0.2, -0.15) is 0 Å². The summed E-state index contributed by atoms with van der Waals surface area (Å²) in [6.07, 6.45) is 10.9. The van der Waals surface area contributed by atoms with Gasteiger partial charge in [0.15, 0.2) is 5.82 Å². The van der Waals surface area contributed by atoms with Crippen LogP contribution in [0.15, 0.2) is 73.2 Å². The van der Waals surface area contributed by atoms with Gasteiger partial charge in [-0.1, -0.05) is 82.1 Å². The lowest BCUT2D eigenvalue weighted by Gasteiger charge is -2.16. The molecule has 6 rings (SSSR count). The maximum atomic E-state index is 5.14. The Morgan fingerprint density at radius 3 is 2.33 bits per heavy atom. The topological polar surface area (TPSA) is 90.1 Å². The largest absolute Gasteiger partial charge is 0.334 e. The van der Waals surface area contributed by atoms with Crippen LogP contribution in [0.5, 0.6) is 0 Å². The molecule has 0 bridgehead atoms. The fourth-order valence-electron chi connectivity index (χ4n) is 6.16. The lowest BCUT2D eigenvalue weighted by molar-refractivity contribution is 0.426. The molecule has 43 heavy (non-hydrogen) atoms. The number of aromatic amines is 1. The molecular weight excluding hydrogens is 532 g/mol. The molecule has 0 aliphatic carbocycles. The first-order valence-corrected chi connectivity index (χ1v) is 15.6. The number of nitrogens with zero attached hydrogens (tertiary/aromatic N) is 7. The zero-order valence-electron chi connectivity index (χ0n) is 25.6. The Bertz CT molecular complexity index is 1790. The van der Waals surface area contributed by atoms with E-state index in [2.05, 4.69) is 106 Å². The minimum absolute atomic E-state index is 0.505. The van der Waals surface area contributed by atoms with Crippen molar-refractivity contribution in [3.05, 3.63) is 90.1 Å². The second-order valence-electron chi connectivity index (χ2n) is 11.5. The Kier molecular flexibility index (Phi) is 8.45. The van der Waals surface area contributed by atoms with Crippen LogP contribution in [0.1, 0.15) is 75.9 Å². The highest BCUT2D eigenvalue weighted by atomic mass is 15.5. The standard InChI is InChI=1S/C35H40N8/c1-5-10-28(11-6-2)42-22-31(36-23-42)27-19-24(4)34-32(20-27)43(33(37-34)12-7-3)21-25-15-17-26(18-16-25)29-13-8-9-14-30(29)35-38-40-41-39-35/h8-9,13-20,22-23,28H,5-7,10-12,21H2,1-4H3,(H,38,39,40,41). The fourth-order valence-corrected chi connectivity index (χ4v) is 6.16. The molecule has 0 unspecified atom stereocenters. The Labute approximate surface area is 253 Å². The molecule has 0 aliphatic rings.